The van der Waals surface area contributed by atoms with Gasteiger partial charge in [-0.25, -0.2) is 4.39 Å². The van der Waals surface area contributed by atoms with E-state index in [0.717, 1.165) is 0 Å². The molecule has 1 atom stereocenters. The zero-order valence-electron chi connectivity index (χ0n) is 7.63. The van der Waals surface area contributed by atoms with Crippen LogP contribution in [0.3, 0.4) is 0 Å². The van der Waals surface area contributed by atoms with Crippen molar-refractivity contribution in [2.75, 3.05) is 0 Å². The molecule has 0 aromatic heterocycles. The van der Waals surface area contributed by atoms with Gasteiger partial charge in [0.2, 0.25) is 0 Å². The van der Waals surface area contributed by atoms with Crippen LogP contribution in [-0.2, 0) is 0 Å². The highest BCUT2D eigenvalue weighted by Gasteiger charge is 2.14. The van der Waals surface area contributed by atoms with Crippen molar-refractivity contribution in [3.05, 3.63) is 28.0 Å². The molecule has 0 radical (unpaired) electrons. The number of nitrogens with two attached hydrogens (primary N) is 1. The summed E-state index contributed by atoms with van der Waals surface area (Å²) >= 11 is 2.98. The van der Waals surface area contributed by atoms with Gasteiger partial charge < -0.3 is 10.8 Å². The van der Waals surface area contributed by atoms with Crippen molar-refractivity contribution >= 4 is 28.3 Å². The van der Waals surface area contributed by atoms with Gasteiger partial charge in [0.05, 0.1) is 4.47 Å². The number of aromatic hydroxyl groups is 1. The zero-order valence-corrected chi connectivity index (χ0v) is 10.0. The van der Waals surface area contributed by atoms with Crippen molar-refractivity contribution in [1.82, 2.24) is 0 Å². The van der Waals surface area contributed by atoms with Gasteiger partial charge in [0.1, 0.15) is 0 Å². The SMILES string of the molecule is CC[C@H](N)c1ccc(Br)c(F)c1O.Cl. The fourth-order valence-corrected chi connectivity index (χ4v) is 1.39. The largest absolute Gasteiger partial charge is 0.505 e. The number of phenolic OH excluding ortho intramolecular Hbond substituents is 1. The smallest absolute Gasteiger partial charge is 0.179 e. The average Bonchev–Trinajstić information content (AvgIpc) is 2.13. The number of hydrogen-bond donors (Lipinski definition) is 2. The third kappa shape index (κ3) is 2.59. The molecule has 14 heavy (non-hydrogen) atoms. The van der Waals surface area contributed by atoms with Crippen LogP contribution in [0.25, 0.3) is 0 Å². The summed E-state index contributed by atoms with van der Waals surface area (Å²) in [5.74, 6) is -1.01. The first-order chi connectivity index (χ1) is 6.07. The van der Waals surface area contributed by atoms with Gasteiger partial charge >= 0.3 is 0 Å². The molecule has 1 aromatic carbocycles. The minimum absolute atomic E-state index is 0. The monoisotopic (exact) mass is 283 g/mol. The summed E-state index contributed by atoms with van der Waals surface area (Å²) < 4.78 is 13.4. The molecule has 0 fully saturated rings. The molecule has 2 nitrogen and oxygen atoms in total. The van der Waals surface area contributed by atoms with Gasteiger partial charge in [0.25, 0.3) is 0 Å². The highest BCUT2D eigenvalue weighted by atomic mass is 79.9. The second kappa shape index (κ2) is 5.53. The lowest BCUT2D eigenvalue weighted by Crippen LogP contribution is -2.09. The summed E-state index contributed by atoms with van der Waals surface area (Å²) in [4.78, 5) is 0. The zero-order chi connectivity index (χ0) is 10.0. The first-order valence-corrected chi connectivity index (χ1v) is 4.79. The van der Waals surface area contributed by atoms with E-state index in [0.29, 0.717) is 12.0 Å². The topological polar surface area (TPSA) is 46.2 Å². The van der Waals surface area contributed by atoms with E-state index in [9.17, 15) is 9.50 Å². The van der Waals surface area contributed by atoms with Gasteiger partial charge in [-0.15, -0.1) is 12.4 Å². The summed E-state index contributed by atoms with van der Waals surface area (Å²) in [6, 6.07) is 2.85. The van der Waals surface area contributed by atoms with Gasteiger partial charge in [0, 0.05) is 11.6 Å². The van der Waals surface area contributed by atoms with Crippen LogP contribution >= 0.6 is 28.3 Å². The standard InChI is InChI=1S/C9H11BrFNO.ClH/c1-2-7(12)5-3-4-6(10)8(11)9(5)13;/h3-4,7,13H,2,12H2,1H3;1H/t7-;/m0./s1. The number of rotatable bonds is 2. The molecular formula is C9H12BrClFNO. The number of halogens is 3. The predicted molar refractivity (Wildman–Crippen MR) is 60.2 cm³/mol. The van der Waals surface area contributed by atoms with E-state index >= 15 is 0 Å². The van der Waals surface area contributed by atoms with Crippen LogP contribution in [-0.4, -0.2) is 5.11 Å². The minimum Gasteiger partial charge on any atom is -0.505 e. The molecule has 0 unspecified atom stereocenters. The molecule has 0 aliphatic heterocycles. The molecular weight excluding hydrogens is 272 g/mol. The highest BCUT2D eigenvalue weighted by Crippen LogP contribution is 2.31. The van der Waals surface area contributed by atoms with E-state index in [2.05, 4.69) is 15.9 Å². The predicted octanol–water partition coefficient (Wildman–Crippen LogP) is 3.13. The Morgan fingerprint density at radius 2 is 2.14 bits per heavy atom. The van der Waals surface area contributed by atoms with Crippen LogP contribution in [0.4, 0.5) is 4.39 Å². The van der Waals surface area contributed by atoms with Crippen molar-refractivity contribution in [3.63, 3.8) is 0 Å². The normalized spacial score (nSPS) is 12.0. The maximum Gasteiger partial charge on any atom is 0.179 e. The Labute approximate surface area is 96.8 Å². The average molecular weight is 285 g/mol. The summed E-state index contributed by atoms with van der Waals surface area (Å²) in [5, 5.41) is 9.39. The summed E-state index contributed by atoms with van der Waals surface area (Å²) in [6.07, 6.45) is 0.661. The molecule has 0 spiro atoms. The van der Waals surface area contributed by atoms with Gasteiger partial charge in [-0.2, -0.15) is 0 Å². The van der Waals surface area contributed by atoms with E-state index in [1.807, 2.05) is 6.92 Å². The Morgan fingerprint density at radius 3 is 2.64 bits per heavy atom. The second-order valence-corrected chi connectivity index (χ2v) is 3.67. The Kier molecular flexibility index (Phi) is 5.41. The lowest BCUT2D eigenvalue weighted by molar-refractivity contribution is 0.418. The molecule has 3 N–H and O–H groups in total. The van der Waals surface area contributed by atoms with Gasteiger partial charge in [-0.3, -0.25) is 0 Å². The maximum atomic E-state index is 13.1. The van der Waals surface area contributed by atoms with E-state index in [4.69, 9.17) is 5.73 Å². The molecule has 1 aromatic rings. The van der Waals surface area contributed by atoms with Crippen LogP contribution < -0.4 is 5.73 Å². The molecule has 0 aliphatic rings. The first kappa shape index (κ1) is 13.7. The Hall–Kier alpha value is -0.320. The van der Waals surface area contributed by atoms with E-state index < -0.39 is 5.82 Å². The van der Waals surface area contributed by atoms with E-state index in [-0.39, 0.29) is 28.7 Å². The molecule has 80 valence electrons. The quantitative estimate of drug-likeness (QED) is 0.876. The van der Waals surface area contributed by atoms with Crippen molar-refractivity contribution < 1.29 is 9.50 Å². The van der Waals surface area contributed by atoms with Crippen molar-refractivity contribution in [1.29, 1.82) is 0 Å². The fraction of sp³-hybridized carbons (Fsp3) is 0.333. The molecule has 0 bridgehead atoms. The van der Waals surface area contributed by atoms with Gasteiger partial charge in [-0.1, -0.05) is 13.0 Å². The Morgan fingerprint density at radius 1 is 1.57 bits per heavy atom. The second-order valence-electron chi connectivity index (χ2n) is 2.81. The molecule has 0 aliphatic carbocycles. The fourth-order valence-electron chi connectivity index (χ4n) is 1.07. The third-order valence-electron chi connectivity index (χ3n) is 1.94. The molecule has 0 heterocycles. The van der Waals surface area contributed by atoms with E-state index in [1.165, 1.54) is 0 Å². The number of phenols is 1. The molecule has 5 heteroatoms. The lowest BCUT2D eigenvalue weighted by atomic mass is 10.0. The Bertz CT molecular complexity index is 322. The highest BCUT2D eigenvalue weighted by molar-refractivity contribution is 9.10. The van der Waals surface area contributed by atoms with Crippen molar-refractivity contribution in [2.45, 2.75) is 19.4 Å². The molecule has 0 amide bonds. The minimum atomic E-state index is -0.651. The first-order valence-electron chi connectivity index (χ1n) is 4.00. The van der Waals surface area contributed by atoms with Gasteiger partial charge in [0.15, 0.2) is 11.6 Å². The van der Waals surface area contributed by atoms with Crippen molar-refractivity contribution in [2.24, 2.45) is 5.73 Å². The molecule has 1 rings (SSSR count). The number of hydrogen-bond acceptors (Lipinski definition) is 2. The lowest BCUT2D eigenvalue weighted by Gasteiger charge is -2.11. The van der Waals surface area contributed by atoms with E-state index in [1.54, 1.807) is 12.1 Å². The van der Waals surface area contributed by atoms with Crippen LogP contribution in [0.15, 0.2) is 16.6 Å². The van der Waals surface area contributed by atoms with Crippen molar-refractivity contribution in [3.8, 4) is 5.75 Å². The number of benzene rings is 1. The van der Waals surface area contributed by atoms with Crippen LogP contribution in [0.2, 0.25) is 0 Å². The molecule has 0 saturated carbocycles. The van der Waals surface area contributed by atoms with Gasteiger partial charge in [-0.05, 0) is 28.4 Å². The van der Waals surface area contributed by atoms with Crippen LogP contribution in [0.5, 0.6) is 5.75 Å². The summed E-state index contributed by atoms with van der Waals surface area (Å²) in [6.45, 7) is 1.88. The summed E-state index contributed by atoms with van der Waals surface area (Å²) in [5.41, 5.74) is 6.12. The summed E-state index contributed by atoms with van der Waals surface area (Å²) in [7, 11) is 0. The maximum absolute atomic E-state index is 13.1. The van der Waals surface area contributed by atoms with Crippen LogP contribution in [0, 0.1) is 5.82 Å². The molecule has 0 saturated heterocycles. The Balaban J connectivity index is 0.00000169. The third-order valence-corrected chi connectivity index (χ3v) is 2.55. The van der Waals surface area contributed by atoms with Crippen LogP contribution in [0.1, 0.15) is 24.9 Å².